The zero-order valence-electron chi connectivity index (χ0n) is 12.8. The number of nitrogens with zero attached hydrogens (tertiary/aromatic N) is 2. The predicted molar refractivity (Wildman–Crippen MR) is 87.0 cm³/mol. The van der Waals surface area contributed by atoms with Crippen molar-refractivity contribution in [3.8, 4) is 0 Å². The number of carbonyl (C=O) groups is 1. The average molecular weight is 322 g/mol. The molecule has 1 aliphatic heterocycles. The number of aromatic amines is 1. The Morgan fingerprint density at radius 1 is 1.45 bits per heavy atom. The van der Waals surface area contributed by atoms with Gasteiger partial charge >= 0.3 is 0 Å². The topological polar surface area (TPSA) is 48.6 Å². The van der Waals surface area contributed by atoms with Crippen molar-refractivity contribution in [3.63, 3.8) is 0 Å². The molecule has 0 aliphatic carbocycles. The van der Waals surface area contributed by atoms with Crippen LogP contribution >= 0.6 is 11.6 Å². The molecule has 5 nitrogen and oxygen atoms in total. The predicted octanol–water partition coefficient (Wildman–Crippen LogP) is 2.11. The van der Waals surface area contributed by atoms with Crippen LogP contribution in [0.15, 0.2) is 24.3 Å². The maximum absolute atomic E-state index is 12.0. The van der Waals surface area contributed by atoms with E-state index in [1.54, 1.807) is 19.0 Å². The molecule has 0 saturated carbocycles. The maximum Gasteiger partial charge on any atom is 0.252 e. The summed E-state index contributed by atoms with van der Waals surface area (Å²) in [6.07, 6.45) is -0.396. The van der Waals surface area contributed by atoms with Crippen LogP contribution < -0.4 is 0 Å². The number of fused-ring (bicyclic) bond motifs is 1. The lowest BCUT2D eigenvalue weighted by atomic mass is 10.2. The monoisotopic (exact) mass is 321 g/mol. The number of halogens is 1. The Labute approximate surface area is 134 Å². The lowest BCUT2D eigenvalue weighted by Crippen LogP contribution is -2.49. The summed E-state index contributed by atoms with van der Waals surface area (Å²) in [4.78, 5) is 19.2. The van der Waals surface area contributed by atoms with Gasteiger partial charge in [0.2, 0.25) is 0 Å². The number of hydrogen-bond acceptors (Lipinski definition) is 3. The van der Waals surface area contributed by atoms with Gasteiger partial charge in [0.05, 0.1) is 11.6 Å². The van der Waals surface area contributed by atoms with E-state index in [4.69, 9.17) is 16.3 Å². The maximum atomic E-state index is 12.0. The minimum Gasteiger partial charge on any atom is -0.366 e. The lowest BCUT2D eigenvalue weighted by Gasteiger charge is -2.33. The summed E-state index contributed by atoms with van der Waals surface area (Å²) in [5.74, 6) is 0.00689. The van der Waals surface area contributed by atoms with E-state index in [0.29, 0.717) is 19.7 Å². The molecule has 3 rings (SSSR count). The average Bonchev–Trinajstić information content (AvgIpc) is 2.83. The molecule has 1 N–H and O–H groups in total. The van der Waals surface area contributed by atoms with Gasteiger partial charge in [-0.25, -0.2) is 0 Å². The van der Waals surface area contributed by atoms with Crippen molar-refractivity contribution in [3.05, 3.63) is 35.0 Å². The highest BCUT2D eigenvalue weighted by molar-refractivity contribution is 6.36. The van der Waals surface area contributed by atoms with Crippen LogP contribution in [0.5, 0.6) is 0 Å². The highest BCUT2D eigenvalue weighted by Crippen LogP contribution is 2.28. The number of benzene rings is 1. The molecular weight excluding hydrogens is 302 g/mol. The first-order valence-corrected chi connectivity index (χ1v) is 7.74. The van der Waals surface area contributed by atoms with Crippen LogP contribution in [-0.2, 0) is 16.1 Å². The number of para-hydroxylation sites is 1. The van der Waals surface area contributed by atoms with Gasteiger partial charge in [0.25, 0.3) is 5.91 Å². The quantitative estimate of drug-likeness (QED) is 0.942. The van der Waals surface area contributed by atoms with Crippen LogP contribution in [0.4, 0.5) is 0 Å². The first-order chi connectivity index (χ1) is 10.6. The number of carbonyl (C=O) groups excluding carboxylic acids is 1. The molecule has 1 amide bonds. The number of amides is 1. The second-order valence-electron chi connectivity index (χ2n) is 5.79. The van der Waals surface area contributed by atoms with Gasteiger partial charge in [-0.15, -0.1) is 0 Å². The Kier molecular flexibility index (Phi) is 4.38. The normalized spacial score (nSPS) is 19.5. The fraction of sp³-hybridized carbons (Fsp3) is 0.438. The van der Waals surface area contributed by atoms with Crippen LogP contribution in [0.25, 0.3) is 10.9 Å². The van der Waals surface area contributed by atoms with Crippen LogP contribution in [0.2, 0.25) is 5.02 Å². The third kappa shape index (κ3) is 2.97. The summed E-state index contributed by atoms with van der Waals surface area (Å²) in [7, 11) is 3.50. The summed E-state index contributed by atoms with van der Waals surface area (Å²) in [5.41, 5.74) is 2.03. The first kappa shape index (κ1) is 15.3. The SMILES string of the molecule is CN(C)C(=O)C1CN(Cc2[nH]c3ccccc3c2Cl)CCO1. The standard InChI is InChI=1S/C16H20ClN3O2/c1-19(2)16(21)14-10-20(7-8-22-14)9-13-15(17)11-5-3-4-6-12(11)18-13/h3-6,14,18H,7-10H2,1-2H3. The van der Waals surface area contributed by atoms with Crippen molar-refractivity contribution < 1.29 is 9.53 Å². The highest BCUT2D eigenvalue weighted by atomic mass is 35.5. The zero-order chi connectivity index (χ0) is 15.7. The van der Waals surface area contributed by atoms with Gasteiger partial charge < -0.3 is 14.6 Å². The fourth-order valence-corrected chi connectivity index (χ4v) is 3.05. The Morgan fingerprint density at radius 3 is 2.95 bits per heavy atom. The summed E-state index contributed by atoms with van der Waals surface area (Å²) in [6.45, 7) is 2.63. The van der Waals surface area contributed by atoms with Crippen molar-refractivity contribution in [2.24, 2.45) is 0 Å². The van der Waals surface area contributed by atoms with Gasteiger partial charge in [-0.1, -0.05) is 29.8 Å². The first-order valence-electron chi connectivity index (χ1n) is 7.36. The third-order valence-corrected chi connectivity index (χ3v) is 4.39. The number of ether oxygens (including phenoxy) is 1. The number of likely N-dealkylation sites (N-methyl/N-ethyl adjacent to an activating group) is 1. The molecule has 1 saturated heterocycles. The molecular formula is C16H20ClN3O2. The second-order valence-corrected chi connectivity index (χ2v) is 6.17. The van der Waals surface area contributed by atoms with Gasteiger partial charge in [0.15, 0.2) is 0 Å². The second kappa shape index (κ2) is 6.28. The van der Waals surface area contributed by atoms with E-state index in [1.165, 1.54) is 0 Å². The molecule has 0 bridgehead atoms. The molecule has 1 aromatic carbocycles. The summed E-state index contributed by atoms with van der Waals surface area (Å²) < 4.78 is 5.58. The molecule has 1 aromatic heterocycles. The number of nitrogens with one attached hydrogen (secondary N) is 1. The fourth-order valence-electron chi connectivity index (χ4n) is 2.78. The number of hydrogen-bond donors (Lipinski definition) is 1. The number of H-pyrrole nitrogens is 1. The van der Waals surface area contributed by atoms with Gasteiger partial charge in [-0.3, -0.25) is 9.69 Å². The molecule has 6 heteroatoms. The van der Waals surface area contributed by atoms with Crippen molar-refractivity contribution in [2.45, 2.75) is 12.6 Å². The van der Waals surface area contributed by atoms with E-state index in [0.717, 1.165) is 28.2 Å². The zero-order valence-corrected chi connectivity index (χ0v) is 13.6. The Balaban J connectivity index is 1.74. The van der Waals surface area contributed by atoms with Gasteiger partial charge in [0, 0.05) is 50.3 Å². The molecule has 1 aliphatic rings. The summed E-state index contributed by atoms with van der Waals surface area (Å²) in [6, 6.07) is 7.99. The highest BCUT2D eigenvalue weighted by Gasteiger charge is 2.28. The van der Waals surface area contributed by atoms with Crippen LogP contribution in [0.3, 0.4) is 0 Å². The molecule has 1 unspecified atom stereocenters. The van der Waals surface area contributed by atoms with Gasteiger partial charge in [0.1, 0.15) is 6.10 Å². The molecule has 1 fully saturated rings. The van der Waals surface area contributed by atoms with Crippen molar-refractivity contribution in [1.29, 1.82) is 0 Å². The Bertz CT molecular complexity index is 683. The third-order valence-electron chi connectivity index (χ3n) is 3.96. The van der Waals surface area contributed by atoms with Crippen LogP contribution in [0.1, 0.15) is 5.69 Å². The Hall–Kier alpha value is -1.56. The van der Waals surface area contributed by atoms with E-state index in [1.807, 2.05) is 24.3 Å². The van der Waals surface area contributed by atoms with E-state index < -0.39 is 6.10 Å². The lowest BCUT2D eigenvalue weighted by molar-refractivity contribution is -0.147. The number of morpholine rings is 1. The molecule has 2 aromatic rings. The van der Waals surface area contributed by atoms with E-state index in [9.17, 15) is 4.79 Å². The largest absolute Gasteiger partial charge is 0.366 e. The van der Waals surface area contributed by atoms with Gasteiger partial charge in [-0.05, 0) is 6.07 Å². The van der Waals surface area contributed by atoms with Crippen molar-refractivity contribution in [2.75, 3.05) is 33.8 Å². The molecule has 118 valence electrons. The summed E-state index contributed by atoms with van der Waals surface area (Å²) >= 11 is 6.46. The molecule has 1 atom stereocenters. The minimum atomic E-state index is -0.396. The Morgan fingerprint density at radius 2 is 2.23 bits per heavy atom. The minimum absolute atomic E-state index is 0.00689. The molecule has 2 heterocycles. The van der Waals surface area contributed by atoms with Crippen LogP contribution in [-0.4, -0.2) is 60.6 Å². The van der Waals surface area contributed by atoms with Crippen LogP contribution in [0, 0.1) is 0 Å². The van der Waals surface area contributed by atoms with Crippen molar-refractivity contribution >= 4 is 28.4 Å². The number of rotatable bonds is 3. The molecule has 0 spiro atoms. The molecule has 0 radical (unpaired) electrons. The van der Waals surface area contributed by atoms with Crippen molar-refractivity contribution in [1.82, 2.24) is 14.8 Å². The van der Waals surface area contributed by atoms with E-state index >= 15 is 0 Å². The van der Waals surface area contributed by atoms with Gasteiger partial charge in [-0.2, -0.15) is 0 Å². The van der Waals surface area contributed by atoms with E-state index in [2.05, 4.69) is 9.88 Å². The smallest absolute Gasteiger partial charge is 0.252 e. The number of aromatic nitrogens is 1. The summed E-state index contributed by atoms with van der Waals surface area (Å²) in [5, 5.41) is 1.80. The van der Waals surface area contributed by atoms with E-state index in [-0.39, 0.29) is 5.91 Å². The molecule has 22 heavy (non-hydrogen) atoms.